The van der Waals surface area contributed by atoms with E-state index in [9.17, 15) is 14.9 Å². The van der Waals surface area contributed by atoms with Gasteiger partial charge in [-0.2, -0.15) is 0 Å². The van der Waals surface area contributed by atoms with Crippen LogP contribution in [-0.2, 0) is 4.79 Å². The highest BCUT2D eigenvalue weighted by Crippen LogP contribution is 2.47. The zero-order chi connectivity index (χ0) is 13.5. The quantitative estimate of drug-likeness (QED) is 0.654. The van der Waals surface area contributed by atoms with Crippen LogP contribution in [0.2, 0.25) is 0 Å². The molecule has 2 unspecified atom stereocenters. The summed E-state index contributed by atoms with van der Waals surface area (Å²) in [5, 5.41) is 22.6. The highest BCUT2D eigenvalue weighted by Gasteiger charge is 2.46. The number of carboxylic acids is 1. The number of carboxylic acid groups (broad SMARTS) is 1. The second kappa shape index (κ2) is 4.52. The van der Waals surface area contributed by atoms with E-state index in [0.717, 1.165) is 16.2 Å². The molecule has 2 heterocycles. The van der Waals surface area contributed by atoms with Crippen LogP contribution in [0.15, 0.2) is 12.1 Å². The summed E-state index contributed by atoms with van der Waals surface area (Å²) in [5.41, 5.74) is 0. The number of thiophene rings is 1. The summed E-state index contributed by atoms with van der Waals surface area (Å²) in [7, 11) is 0. The Balaban J connectivity index is 2.21. The van der Waals surface area contributed by atoms with E-state index in [-0.39, 0.29) is 10.4 Å². The van der Waals surface area contributed by atoms with Crippen molar-refractivity contribution in [2.75, 3.05) is 0 Å². The van der Waals surface area contributed by atoms with Gasteiger partial charge in [0.15, 0.2) is 0 Å². The van der Waals surface area contributed by atoms with Crippen LogP contribution in [0.1, 0.15) is 24.1 Å². The van der Waals surface area contributed by atoms with Crippen LogP contribution in [0.4, 0.5) is 5.00 Å². The van der Waals surface area contributed by atoms with Gasteiger partial charge in [0, 0.05) is 15.7 Å². The van der Waals surface area contributed by atoms with Crippen LogP contribution in [0, 0.1) is 10.1 Å². The fourth-order valence-electron chi connectivity index (χ4n) is 1.85. The summed E-state index contributed by atoms with van der Waals surface area (Å²) in [4.78, 5) is 22.1. The molecular formula is C10H12N2O4S2. The van der Waals surface area contributed by atoms with Crippen LogP contribution in [0.5, 0.6) is 0 Å². The van der Waals surface area contributed by atoms with E-state index < -0.39 is 21.7 Å². The summed E-state index contributed by atoms with van der Waals surface area (Å²) in [6, 6.07) is 2.46. The first-order valence-electron chi connectivity index (χ1n) is 5.22. The summed E-state index contributed by atoms with van der Waals surface area (Å²) < 4.78 is -0.449. The van der Waals surface area contributed by atoms with Crippen molar-refractivity contribution < 1.29 is 14.8 Å². The average molecular weight is 288 g/mol. The molecule has 98 valence electrons. The molecule has 1 fully saturated rings. The van der Waals surface area contributed by atoms with Gasteiger partial charge in [-0.05, 0) is 19.9 Å². The van der Waals surface area contributed by atoms with Crippen molar-refractivity contribution in [3.05, 3.63) is 27.1 Å². The van der Waals surface area contributed by atoms with Gasteiger partial charge in [0.05, 0.1) is 10.3 Å². The molecular weight excluding hydrogens is 276 g/mol. The zero-order valence-electron chi connectivity index (χ0n) is 9.75. The van der Waals surface area contributed by atoms with Gasteiger partial charge in [0.2, 0.25) is 0 Å². The van der Waals surface area contributed by atoms with E-state index in [1.165, 1.54) is 17.8 Å². The van der Waals surface area contributed by atoms with Crippen molar-refractivity contribution >= 4 is 34.1 Å². The molecule has 1 saturated heterocycles. The Morgan fingerprint density at radius 2 is 2.22 bits per heavy atom. The first-order valence-corrected chi connectivity index (χ1v) is 6.91. The Hall–Kier alpha value is -1.12. The second-order valence-corrected chi connectivity index (χ2v) is 7.33. The van der Waals surface area contributed by atoms with Crippen molar-refractivity contribution in [2.45, 2.75) is 30.0 Å². The molecule has 2 rings (SSSR count). The van der Waals surface area contributed by atoms with Crippen molar-refractivity contribution in [1.29, 1.82) is 0 Å². The first kappa shape index (κ1) is 13.3. The minimum atomic E-state index is -0.902. The number of nitro groups is 1. The van der Waals surface area contributed by atoms with Crippen molar-refractivity contribution in [1.82, 2.24) is 5.32 Å². The molecule has 0 spiro atoms. The van der Waals surface area contributed by atoms with Gasteiger partial charge >= 0.3 is 11.0 Å². The molecule has 1 aromatic heterocycles. The van der Waals surface area contributed by atoms with E-state index in [1.807, 2.05) is 13.8 Å². The van der Waals surface area contributed by atoms with Crippen molar-refractivity contribution in [3.63, 3.8) is 0 Å². The van der Waals surface area contributed by atoms with E-state index in [1.54, 1.807) is 6.07 Å². The highest BCUT2D eigenvalue weighted by atomic mass is 32.2. The molecule has 1 aromatic rings. The van der Waals surface area contributed by atoms with Crippen molar-refractivity contribution in [2.24, 2.45) is 0 Å². The molecule has 1 aliphatic heterocycles. The van der Waals surface area contributed by atoms with Gasteiger partial charge in [-0.1, -0.05) is 11.3 Å². The van der Waals surface area contributed by atoms with Crippen LogP contribution < -0.4 is 5.32 Å². The third kappa shape index (κ3) is 2.36. The average Bonchev–Trinajstić information content (AvgIpc) is 2.81. The van der Waals surface area contributed by atoms with Gasteiger partial charge in [-0.3, -0.25) is 20.2 Å². The van der Waals surface area contributed by atoms with Gasteiger partial charge in [-0.25, -0.2) is 0 Å². The number of hydrogen-bond acceptors (Lipinski definition) is 6. The molecule has 0 bridgehead atoms. The zero-order valence-corrected chi connectivity index (χ0v) is 11.4. The maximum Gasteiger partial charge on any atom is 0.324 e. The fraction of sp³-hybridized carbons (Fsp3) is 0.500. The predicted octanol–water partition coefficient (Wildman–Crippen LogP) is 2.22. The number of carbonyl (C=O) groups is 1. The number of nitrogens with one attached hydrogen (secondary N) is 1. The number of nitrogens with zero attached hydrogens (tertiary/aromatic N) is 1. The Morgan fingerprint density at radius 3 is 2.67 bits per heavy atom. The Kier molecular flexibility index (Phi) is 3.35. The van der Waals surface area contributed by atoms with Crippen LogP contribution in [0.3, 0.4) is 0 Å². The second-order valence-electron chi connectivity index (χ2n) is 4.47. The largest absolute Gasteiger partial charge is 0.480 e. The highest BCUT2D eigenvalue weighted by molar-refractivity contribution is 8.01. The minimum absolute atomic E-state index is 0.0731. The summed E-state index contributed by atoms with van der Waals surface area (Å²) in [6.07, 6.45) is 0. The molecule has 2 N–H and O–H groups in total. The SMILES string of the molecule is CC1(C)SC(c2ccc([N+](=O)[O-])s2)NC1C(=O)O. The smallest absolute Gasteiger partial charge is 0.324 e. The lowest BCUT2D eigenvalue weighted by Crippen LogP contribution is -2.43. The third-order valence-electron chi connectivity index (χ3n) is 2.73. The Labute approximate surface area is 112 Å². The van der Waals surface area contributed by atoms with Gasteiger partial charge < -0.3 is 5.11 Å². The van der Waals surface area contributed by atoms with Gasteiger partial charge in [0.25, 0.3) is 0 Å². The topological polar surface area (TPSA) is 92.5 Å². The molecule has 0 radical (unpaired) electrons. The summed E-state index contributed by atoms with van der Waals surface area (Å²) in [6.45, 7) is 3.71. The molecule has 0 aliphatic carbocycles. The minimum Gasteiger partial charge on any atom is -0.480 e. The number of thioether (sulfide) groups is 1. The van der Waals surface area contributed by atoms with Crippen LogP contribution in [-0.4, -0.2) is 26.8 Å². The van der Waals surface area contributed by atoms with E-state index in [0.29, 0.717) is 0 Å². The lowest BCUT2D eigenvalue weighted by Gasteiger charge is -2.20. The maximum absolute atomic E-state index is 11.1. The monoisotopic (exact) mass is 288 g/mol. The summed E-state index contributed by atoms with van der Waals surface area (Å²) in [5.74, 6) is -0.902. The van der Waals surface area contributed by atoms with E-state index in [4.69, 9.17) is 5.11 Å². The normalized spacial score (nSPS) is 26.1. The fourth-order valence-corrected chi connectivity index (χ4v) is 4.21. The predicted molar refractivity (Wildman–Crippen MR) is 69.9 cm³/mol. The van der Waals surface area contributed by atoms with Crippen molar-refractivity contribution in [3.8, 4) is 0 Å². The van der Waals surface area contributed by atoms with E-state index >= 15 is 0 Å². The summed E-state index contributed by atoms with van der Waals surface area (Å²) >= 11 is 2.56. The third-order valence-corrected chi connectivity index (χ3v) is 5.45. The molecule has 6 nitrogen and oxygen atoms in total. The van der Waals surface area contributed by atoms with Gasteiger partial charge in [0.1, 0.15) is 6.04 Å². The number of rotatable bonds is 3. The number of hydrogen-bond donors (Lipinski definition) is 2. The standard InChI is InChI=1S/C10H12N2O4S2/c1-10(2)7(9(13)14)11-8(18-10)5-3-4-6(17-5)12(15)16/h3-4,7-8,11H,1-2H3,(H,13,14). The van der Waals surface area contributed by atoms with Crippen LogP contribution in [0.25, 0.3) is 0 Å². The first-order chi connectivity index (χ1) is 8.31. The lowest BCUT2D eigenvalue weighted by atomic mass is 10.0. The molecule has 0 saturated carbocycles. The molecule has 8 heteroatoms. The van der Waals surface area contributed by atoms with Gasteiger partial charge in [-0.15, -0.1) is 11.8 Å². The number of aliphatic carboxylic acids is 1. The van der Waals surface area contributed by atoms with E-state index in [2.05, 4.69) is 5.32 Å². The molecule has 18 heavy (non-hydrogen) atoms. The Morgan fingerprint density at radius 1 is 1.56 bits per heavy atom. The molecule has 0 amide bonds. The lowest BCUT2D eigenvalue weighted by molar-refractivity contribution is -0.380. The molecule has 1 aliphatic rings. The van der Waals surface area contributed by atoms with Crippen LogP contribution >= 0.6 is 23.1 Å². The maximum atomic E-state index is 11.1. The Bertz CT molecular complexity index is 500. The molecule has 0 aromatic carbocycles. The molecule has 2 atom stereocenters.